The molecule has 3 fully saturated rings. The molecule has 196 valence electrons. The molecule has 11 heteroatoms. The van der Waals surface area contributed by atoms with E-state index in [2.05, 4.69) is 20.4 Å². The van der Waals surface area contributed by atoms with Crippen molar-refractivity contribution in [3.63, 3.8) is 0 Å². The number of ether oxygens (including phenoxy) is 2. The fourth-order valence-electron chi connectivity index (χ4n) is 5.88. The average molecular weight is 513 g/mol. The Bertz CT molecular complexity index is 1080. The van der Waals surface area contributed by atoms with Crippen molar-refractivity contribution >= 4 is 5.82 Å². The van der Waals surface area contributed by atoms with Crippen molar-refractivity contribution in [2.45, 2.75) is 37.9 Å². The van der Waals surface area contributed by atoms with E-state index in [1.54, 1.807) is 0 Å². The van der Waals surface area contributed by atoms with Crippen molar-refractivity contribution in [1.29, 1.82) is 0 Å². The molecule has 1 aliphatic carbocycles. The number of alkyl halides is 3. The molecule has 0 spiro atoms. The van der Waals surface area contributed by atoms with Gasteiger partial charge in [-0.1, -0.05) is 0 Å². The Hall–Kier alpha value is -2.53. The number of rotatable bonds is 6. The zero-order chi connectivity index (χ0) is 25.4. The van der Waals surface area contributed by atoms with Gasteiger partial charge in [0.05, 0.1) is 12.8 Å². The molecule has 36 heavy (non-hydrogen) atoms. The van der Waals surface area contributed by atoms with Gasteiger partial charge in [0.15, 0.2) is 17.4 Å². The predicted octanol–water partition coefficient (Wildman–Crippen LogP) is 5.00. The highest BCUT2D eigenvalue weighted by molar-refractivity contribution is 5.64. The molecule has 5 rings (SSSR count). The van der Waals surface area contributed by atoms with Gasteiger partial charge in [-0.05, 0) is 61.6 Å². The largest absolute Gasteiger partial charge is 0.494 e. The van der Waals surface area contributed by atoms with Gasteiger partial charge in [-0.25, -0.2) is 4.39 Å². The van der Waals surface area contributed by atoms with Crippen molar-refractivity contribution in [3.05, 3.63) is 35.4 Å². The van der Waals surface area contributed by atoms with Crippen LogP contribution in [0.25, 0.3) is 11.3 Å². The second kappa shape index (κ2) is 10.1. The highest BCUT2D eigenvalue weighted by atomic mass is 19.4. The Morgan fingerprint density at radius 1 is 1.06 bits per heavy atom. The van der Waals surface area contributed by atoms with E-state index < -0.39 is 34.6 Å². The van der Waals surface area contributed by atoms with Gasteiger partial charge in [-0.2, -0.15) is 17.6 Å². The summed E-state index contributed by atoms with van der Waals surface area (Å²) in [6.45, 7) is 4.61. The van der Waals surface area contributed by atoms with Gasteiger partial charge < -0.3 is 19.7 Å². The number of nitrogens with one attached hydrogen (secondary N) is 1. The van der Waals surface area contributed by atoms with Crippen LogP contribution in [0.1, 0.15) is 31.2 Å². The third-order valence-electron chi connectivity index (χ3n) is 7.67. The lowest BCUT2D eigenvalue weighted by Crippen LogP contribution is -2.32. The van der Waals surface area contributed by atoms with Crippen molar-refractivity contribution in [2.24, 2.45) is 17.8 Å². The van der Waals surface area contributed by atoms with E-state index >= 15 is 0 Å². The predicted molar refractivity (Wildman–Crippen MR) is 123 cm³/mol. The van der Waals surface area contributed by atoms with Crippen LogP contribution in [0.3, 0.4) is 0 Å². The summed E-state index contributed by atoms with van der Waals surface area (Å²) >= 11 is 0. The molecule has 0 amide bonds. The van der Waals surface area contributed by atoms with Crippen molar-refractivity contribution < 1.29 is 31.4 Å². The van der Waals surface area contributed by atoms with Crippen LogP contribution in [0, 0.1) is 29.4 Å². The number of aromatic nitrogens is 2. The molecule has 0 bridgehead atoms. The number of hydrogen-bond acceptors (Lipinski definition) is 6. The number of benzene rings is 1. The lowest BCUT2D eigenvalue weighted by atomic mass is 10.00. The highest BCUT2D eigenvalue weighted by Crippen LogP contribution is 2.42. The van der Waals surface area contributed by atoms with Crippen LogP contribution in [0.5, 0.6) is 5.75 Å². The van der Waals surface area contributed by atoms with Gasteiger partial charge in [0, 0.05) is 44.5 Å². The summed E-state index contributed by atoms with van der Waals surface area (Å²) in [5.41, 5.74) is -1.88. The molecule has 1 aromatic carbocycles. The third kappa shape index (κ3) is 5.13. The number of likely N-dealkylation sites (tertiary alicyclic amines) is 1. The number of halogens is 5. The Morgan fingerprint density at radius 2 is 1.75 bits per heavy atom. The van der Waals surface area contributed by atoms with Crippen LogP contribution in [-0.2, 0) is 10.9 Å². The summed E-state index contributed by atoms with van der Waals surface area (Å²) in [4.78, 5) is 2.49. The average Bonchev–Trinajstić information content (AvgIpc) is 3.39. The van der Waals surface area contributed by atoms with Crippen LogP contribution < -0.4 is 10.1 Å². The lowest BCUT2D eigenvalue weighted by Gasteiger charge is -2.28. The summed E-state index contributed by atoms with van der Waals surface area (Å²) < 4.78 is 80.5. The maximum Gasteiger partial charge on any atom is 0.420 e. The second-order valence-electron chi connectivity index (χ2n) is 10.0. The monoisotopic (exact) mass is 512 g/mol. The summed E-state index contributed by atoms with van der Waals surface area (Å²) in [5, 5.41) is 10.5. The Morgan fingerprint density at radius 3 is 2.39 bits per heavy atom. The van der Waals surface area contributed by atoms with E-state index in [0.29, 0.717) is 23.8 Å². The topological polar surface area (TPSA) is 59.5 Å². The van der Waals surface area contributed by atoms with E-state index in [-0.39, 0.29) is 17.6 Å². The molecule has 0 unspecified atom stereocenters. The summed E-state index contributed by atoms with van der Waals surface area (Å²) in [6, 6.07) is 2.82. The molecule has 0 radical (unpaired) electrons. The lowest BCUT2D eigenvalue weighted by molar-refractivity contribution is -0.137. The maximum atomic E-state index is 14.5. The molecule has 3 aliphatic rings. The van der Waals surface area contributed by atoms with Crippen LogP contribution >= 0.6 is 0 Å². The Balaban J connectivity index is 1.28. The third-order valence-corrected chi connectivity index (χ3v) is 7.67. The maximum absolute atomic E-state index is 14.5. The van der Waals surface area contributed by atoms with Crippen molar-refractivity contribution in [3.8, 4) is 17.0 Å². The first-order chi connectivity index (χ1) is 17.2. The molecule has 1 aromatic heterocycles. The second-order valence-corrected chi connectivity index (χ2v) is 10.0. The number of methoxy groups -OCH3 is 1. The fraction of sp³-hybridized carbons (Fsp3) is 0.600. The first-order valence-electron chi connectivity index (χ1n) is 12.3. The van der Waals surface area contributed by atoms with Crippen molar-refractivity contribution in [1.82, 2.24) is 15.1 Å². The molecular weight excluding hydrogens is 483 g/mol. The van der Waals surface area contributed by atoms with Crippen LogP contribution in [0.15, 0.2) is 18.2 Å². The minimum atomic E-state index is -4.75. The van der Waals surface area contributed by atoms with Gasteiger partial charge in [0.25, 0.3) is 0 Å². The van der Waals surface area contributed by atoms with E-state index in [9.17, 15) is 22.0 Å². The van der Waals surface area contributed by atoms with Crippen LogP contribution in [0.4, 0.5) is 27.8 Å². The molecule has 6 nitrogen and oxygen atoms in total. The van der Waals surface area contributed by atoms with E-state index in [4.69, 9.17) is 9.47 Å². The standard InChI is InChI=1S/C25H29F5N4O2/c1-35-21-3-2-18(22(26)23(21)27)20-10-19(25(28,29)30)24(33-32-20)31-17-8-15-12-34(13-16(15)9-17)11-14-4-6-36-7-5-14/h2-3,10,14-17H,4-9,11-13H2,1H3,(H,31,33)/t15-,16+,17+. The number of anilines is 1. The number of fused-ring (bicyclic) bond motifs is 1. The minimum absolute atomic E-state index is 0.151. The zero-order valence-electron chi connectivity index (χ0n) is 20.0. The van der Waals surface area contributed by atoms with Gasteiger partial charge in [0.2, 0.25) is 5.82 Å². The van der Waals surface area contributed by atoms with Gasteiger partial charge in [0.1, 0.15) is 5.56 Å². The molecular formula is C25H29F5N4O2. The zero-order valence-corrected chi connectivity index (χ0v) is 20.0. The quantitative estimate of drug-likeness (QED) is 0.550. The van der Waals surface area contributed by atoms with E-state index in [0.717, 1.165) is 70.7 Å². The van der Waals surface area contributed by atoms with Gasteiger partial charge in [-0.3, -0.25) is 0 Å². The van der Waals surface area contributed by atoms with E-state index in [1.165, 1.54) is 7.11 Å². The summed E-state index contributed by atoms with van der Waals surface area (Å²) in [7, 11) is 1.17. The minimum Gasteiger partial charge on any atom is -0.494 e. The summed E-state index contributed by atoms with van der Waals surface area (Å²) in [5.74, 6) is -1.86. The number of nitrogens with zero attached hydrogens (tertiary/aromatic N) is 3. The Labute approximate surface area is 206 Å². The molecule has 2 aliphatic heterocycles. The SMILES string of the molecule is COc1ccc(-c2cc(C(F)(F)F)c(N[C@H]3C[C@@H]4CN(CC5CCOCC5)C[C@@H]4C3)nn2)c(F)c1F. The smallest absolute Gasteiger partial charge is 0.420 e. The summed E-state index contributed by atoms with van der Waals surface area (Å²) in [6.07, 6.45) is -1.07. The Kier molecular flexibility index (Phi) is 7.04. The number of hydrogen-bond donors (Lipinski definition) is 1. The van der Waals surface area contributed by atoms with E-state index in [1.807, 2.05) is 0 Å². The first-order valence-corrected chi connectivity index (χ1v) is 12.3. The van der Waals surface area contributed by atoms with Crippen LogP contribution in [-0.4, -0.2) is 61.1 Å². The van der Waals surface area contributed by atoms with Gasteiger partial charge >= 0.3 is 6.18 Å². The molecule has 1 N–H and O–H groups in total. The molecule has 2 saturated heterocycles. The molecule has 1 saturated carbocycles. The first kappa shape index (κ1) is 25.1. The highest BCUT2D eigenvalue weighted by Gasteiger charge is 2.43. The van der Waals surface area contributed by atoms with Crippen LogP contribution in [0.2, 0.25) is 0 Å². The normalized spacial score (nSPS) is 25.2. The molecule has 3 heterocycles. The molecule has 3 atom stereocenters. The van der Waals surface area contributed by atoms with Crippen molar-refractivity contribution in [2.75, 3.05) is 45.3 Å². The van der Waals surface area contributed by atoms with Gasteiger partial charge in [-0.15, -0.1) is 10.2 Å². The fourth-order valence-corrected chi connectivity index (χ4v) is 5.88. The molecule has 2 aromatic rings.